The van der Waals surface area contributed by atoms with E-state index in [0.717, 1.165) is 22.8 Å². The number of aryl methyl sites for hydroxylation is 1. The molecule has 7 nitrogen and oxygen atoms in total. The summed E-state index contributed by atoms with van der Waals surface area (Å²) in [5.41, 5.74) is 4.42. The van der Waals surface area contributed by atoms with Gasteiger partial charge in [-0.1, -0.05) is 75.8 Å². The van der Waals surface area contributed by atoms with Gasteiger partial charge in [0.15, 0.2) is 5.16 Å². The van der Waals surface area contributed by atoms with Gasteiger partial charge in [-0.05, 0) is 42.6 Å². The molecular weight excluding hydrogens is 446 g/mol. The van der Waals surface area contributed by atoms with E-state index in [0.29, 0.717) is 41.8 Å². The van der Waals surface area contributed by atoms with Crippen LogP contribution in [0, 0.1) is 12.8 Å². The second kappa shape index (κ2) is 9.41. The van der Waals surface area contributed by atoms with Crippen LogP contribution in [-0.2, 0) is 18.5 Å². The molecule has 8 heteroatoms. The minimum Gasteiger partial charge on any atom is -0.337 e. The number of fused-ring (bicyclic) bond motifs is 1. The van der Waals surface area contributed by atoms with Crippen LogP contribution >= 0.6 is 11.8 Å². The number of benzene rings is 1. The Balaban J connectivity index is 1.68. The van der Waals surface area contributed by atoms with Gasteiger partial charge < -0.3 is 9.09 Å². The molecule has 0 N–H and O–H groups in total. The quantitative estimate of drug-likeness (QED) is 0.251. The Kier molecular flexibility index (Phi) is 6.71. The van der Waals surface area contributed by atoms with E-state index in [2.05, 4.69) is 56.9 Å². The second-order valence-electron chi connectivity index (χ2n) is 10.2. The van der Waals surface area contributed by atoms with Crippen molar-refractivity contribution in [2.24, 2.45) is 5.92 Å². The van der Waals surface area contributed by atoms with Gasteiger partial charge in [-0.3, -0.25) is 9.36 Å². The van der Waals surface area contributed by atoms with Crippen LogP contribution < -0.4 is 5.56 Å². The van der Waals surface area contributed by atoms with Crippen molar-refractivity contribution in [1.82, 2.24) is 24.3 Å². The Hall–Kier alpha value is -2.87. The van der Waals surface area contributed by atoms with Gasteiger partial charge in [-0.25, -0.2) is 4.98 Å². The molecule has 0 bridgehead atoms. The summed E-state index contributed by atoms with van der Waals surface area (Å²) in [7, 11) is 0. The van der Waals surface area contributed by atoms with Crippen LogP contribution in [0.25, 0.3) is 22.4 Å². The summed E-state index contributed by atoms with van der Waals surface area (Å²) in [5.74, 6) is 1.50. The van der Waals surface area contributed by atoms with E-state index in [1.54, 1.807) is 4.57 Å². The van der Waals surface area contributed by atoms with Crippen molar-refractivity contribution in [3.8, 4) is 11.4 Å². The molecule has 0 saturated heterocycles. The zero-order valence-corrected chi connectivity index (χ0v) is 21.9. The monoisotopic (exact) mass is 479 g/mol. The van der Waals surface area contributed by atoms with E-state index < -0.39 is 0 Å². The van der Waals surface area contributed by atoms with Crippen LogP contribution in [0.5, 0.6) is 0 Å². The van der Waals surface area contributed by atoms with Crippen LogP contribution in [-0.4, -0.2) is 30.5 Å². The molecule has 3 aromatic heterocycles. The molecule has 0 amide bonds. The maximum absolute atomic E-state index is 13.5. The van der Waals surface area contributed by atoms with Crippen molar-refractivity contribution in [2.45, 2.75) is 71.6 Å². The average molecular weight is 480 g/mol. The standard InChI is InChI=1S/C26H33N5O2S/c1-16(2)12-13-30-24(32)22-20(27-25(30)34-7)14-17(3)31(22)15-21-28-23(29-33-21)18-8-10-19(11-9-18)26(4,5)6/h8-11,14,16H,12-13,15H2,1-7H3. The molecule has 180 valence electrons. The number of thioether (sulfide) groups is 1. The molecule has 0 fully saturated rings. The molecule has 0 unspecified atom stereocenters. The third kappa shape index (κ3) is 4.82. The number of nitrogens with zero attached hydrogens (tertiary/aromatic N) is 5. The van der Waals surface area contributed by atoms with E-state index in [-0.39, 0.29) is 11.0 Å². The molecule has 0 aliphatic rings. The maximum Gasteiger partial charge on any atom is 0.278 e. The Morgan fingerprint density at radius 2 is 1.79 bits per heavy atom. The first-order valence-electron chi connectivity index (χ1n) is 11.7. The van der Waals surface area contributed by atoms with Gasteiger partial charge in [-0.2, -0.15) is 4.98 Å². The second-order valence-corrected chi connectivity index (χ2v) is 11.0. The molecule has 4 aromatic rings. The van der Waals surface area contributed by atoms with E-state index in [1.807, 2.05) is 35.9 Å². The lowest BCUT2D eigenvalue weighted by Crippen LogP contribution is -2.26. The summed E-state index contributed by atoms with van der Waals surface area (Å²) in [6.45, 7) is 13.8. The lowest BCUT2D eigenvalue weighted by molar-refractivity contribution is 0.372. The number of aromatic nitrogens is 5. The number of hydrogen-bond acceptors (Lipinski definition) is 6. The summed E-state index contributed by atoms with van der Waals surface area (Å²) < 4.78 is 9.29. The van der Waals surface area contributed by atoms with Crippen molar-refractivity contribution in [1.29, 1.82) is 0 Å². The van der Waals surface area contributed by atoms with Gasteiger partial charge in [0.1, 0.15) is 12.1 Å². The summed E-state index contributed by atoms with van der Waals surface area (Å²) in [5, 5.41) is 4.93. The predicted molar refractivity (Wildman–Crippen MR) is 138 cm³/mol. The number of rotatable bonds is 7. The highest BCUT2D eigenvalue weighted by Crippen LogP contribution is 2.26. The zero-order valence-electron chi connectivity index (χ0n) is 21.0. The van der Waals surface area contributed by atoms with Crippen molar-refractivity contribution in [3.63, 3.8) is 0 Å². The van der Waals surface area contributed by atoms with E-state index in [1.165, 1.54) is 17.3 Å². The molecule has 34 heavy (non-hydrogen) atoms. The highest BCUT2D eigenvalue weighted by molar-refractivity contribution is 7.98. The fourth-order valence-corrected chi connectivity index (χ4v) is 4.57. The largest absolute Gasteiger partial charge is 0.337 e. The lowest BCUT2D eigenvalue weighted by atomic mass is 9.87. The Labute approximate surface area is 204 Å². The topological polar surface area (TPSA) is 78.7 Å². The molecule has 3 heterocycles. The molecule has 0 saturated carbocycles. The first kappa shape index (κ1) is 24.3. The fraction of sp³-hybridized carbons (Fsp3) is 0.462. The Bertz CT molecular complexity index is 1360. The summed E-state index contributed by atoms with van der Waals surface area (Å²) in [4.78, 5) is 22.9. The van der Waals surface area contributed by atoms with E-state index in [9.17, 15) is 4.79 Å². The highest BCUT2D eigenvalue weighted by atomic mass is 32.2. The summed E-state index contributed by atoms with van der Waals surface area (Å²) >= 11 is 1.50. The molecule has 4 rings (SSSR count). The zero-order chi connectivity index (χ0) is 24.6. The molecule has 0 aliphatic heterocycles. The maximum atomic E-state index is 13.5. The Morgan fingerprint density at radius 3 is 2.41 bits per heavy atom. The molecule has 0 atom stereocenters. The van der Waals surface area contributed by atoms with Crippen molar-refractivity contribution in [3.05, 3.63) is 57.8 Å². The fourth-order valence-electron chi connectivity index (χ4n) is 3.98. The predicted octanol–water partition coefficient (Wildman–Crippen LogP) is 5.67. The van der Waals surface area contributed by atoms with Gasteiger partial charge >= 0.3 is 0 Å². The van der Waals surface area contributed by atoms with Crippen LogP contribution in [0.15, 0.2) is 44.8 Å². The van der Waals surface area contributed by atoms with Gasteiger partial charge in [0.2, 0.25) is 11.7 Å². The molecule has 0 spiro atoms. The third-order valence-electron chi connectivity index (χ3n) is 6.06. The minimum absolute atomic E-state index is 0.0272. The van der Waals surface area contributed by atoms with Gasteiger partial charge in [0, 0.05) is 17.8 Å². The lowest BCUT2D eigenvalue weighted by Gasteiger charge is -2.18. The molecule has 0 radical (unpaired) electrons. The highest BCUT2D eigenvalue weighted by Gasteiger charge is 2.19. The minimum atomic E-state index is -0.0272. The SMILES string of the molecule is CSc1nc2cc(C)n(Cc3nc(-c4ccc(C(C)(C)C)cc4)no3)c2c(=O)n1CCC(C)C. The first-order valence-corrected chi connectivity index (χ1v) is 12.9. The van der Waals surface area contributed by atoms with Crippen LogP contribution in [0.1, 0.15) is 58.2 Å². The summed E-state index contributed by atoms with van der Waals surface area (Å²) in [6.07, 6.45) is 2.87. The van der Waals surface area contributed by atoms with Gasteiger partial charge in [0.05, 0.1) is 5.52 Å². The van der Waals surface area contributed by atoms with Gasteiger partial charge in [-0.15, -0.1) is 0 Å². The third-order valence-corrected chi connectivity index (χ3v) is 6.74. The molecular formula is C26H33N5O2S. The van der Waals surface area contributed by atoms with Gasteiger partial charge in [0.25, 0.3) is 5.56 Å². The van der Waals surface area contributed by atoms with Crippen molar-refractivity contribution < 1.29 is 4.52 Å². The summed E-state index contributed by atoms with van der Waals surface area (Å²) in [6, 6.07) is 10.2. The van der Waals surface area contributed by atoms with Crippen LogP contribution in [0.2, 0.25) is 0 Å². The van der Waals surface area contributed by atoms with Crippen molar-refractivity contribution >= 4 is 22.8 Å². The first-order chi connectivity index (χ1) is 16.1. The normalized spacial score (nSPS) is 12.2. The number of hydrogen-bond donors (Lipinski definition) is 0. The molecule has 1 aromatic carbocycles. The van der Waals surface area contributed by atoms with Crippen LogP contribution in [0.4, 0.5) is 0 Å². The smallest absolute Gasteiger partial charge is 0.278 e. The van der Waals surface area contributed by atoms with E-state index >= 15 is 0 Å². The van der Waals surface area contributed by atoms with Crippen LogP contribution in [0.3, 0.4) is 0 Å². The molecule has 0 aliphatic carbocycles. The van der Waals surface area contributed by atoms with E-state index in [4.69, 9.17) is 9.51 Å². The average Bonchev–Trinajstić information content (AvgIpc) is 3.37. The Morgan fingerprint density at radius 1 is 1.09 bits per heavy atom. The van der Waals surface area contributed by atoms with Crippen molar-refractivity contribution in [2.75, 3.05) is 6.26 Å².